The topological polar surface area (TPSA) is 76.7 Å². The normalized spacial score (nSPS) is 14.1. The van der Waals surface area contributed by atoms with Gasteiger partial charge in [-0.05, 0) is 60.6 Å². The quantitative estimate of drug-likeness (QED) is 0.718. The molecule has 0 aromatic heterocycles. The van der Waals surface area contributed by atoms with Crippen LogP contribution in [0, 0.1) is 5.92 Å². The lowest BCUT2D eigenvalue weighted by Gasteiger charge is -2.18. The lowest BCUT2D eigenvalue weighted by atomic mass is 9.90. The molecule has 2 amide bonds. The van der Waals surface area contributed by atoms with Gasteiger partial charge in [-0.1, -0.05) is 12.1 Å². The summed E-state index contributed by atoms with van der Waals surface area (Å²) in [7, 11) is 3.22. The van der Waals surface area contributed by atoms with Gasteiger partial charge in [0.15, 0.2) is 11.5 Å². The van der Waals surface area contributed by atoms with Crippen molar-refractivity contribution < 1.29 is 19.1 Å². The van der Waals surface area contributed by atoms with Crippen LogP contribution < -0.4 is 20.1 Å². The van der Waals surface area contributed by atoms with Crippen LogP contribution in [0.4, 0.5) is 11.4 Å². The molecule has 1 fully saturated rings. The van der Waals surface area contributed by atoms with Crippen molar-refractivity contribution in [2.24, 2.45) is 5.92 Å². The molecular formula is C22H26N2O4. The van der Waals surface area contributed by atoms with E-state index in [1.165, 1.54) is 6.92 Å². The van der Waals surface area contributed by atoms with Crippen molar-refractivity contribution in [2.45, 2.75) is 32.1 Å². The van der Waals surface area contributed by atoms with E-state index in [-0.39, 0.29) is 17.7 Å². The van der Waals surface area contributed by atoms with Crippen LogP contribution in [-0.2, 0) is 9.59 Å². The van der Waals surface area contributed by atoms with E-state index in [2.05, 4.69) is 10.6 Å². The molecular weight excluding hydrogens is 356 g/mol. The number of amides is 2. The zero-order chi connectivity index (χ0) is 20.1. The molecule has 1 aliphatic rings. The van der Waals surface area contributed by atoms with Crippen LogP contribution in [0.25, 0.3) is 0 Å². The number of rotatable bonds is 8. The molecule has 1 saturated carbocycles. The van der Waals surface area contributed by atoms with E-state index in [1.807, 2.05) is 24.3 Å². The highest BCUT2D eigenvalue weighted by atomic mass is 16.5. The number of benzene rings is 2. The van der Waals surface area contributed by atoms with Crippen LogP contribution in [-0.4, -0.2) is 26.0 Å². The summed E-state index contributed by atoms with van der Waals surface area (Å²) in [6.07, 6.45) is 2.65. The number of carbonyl (C=O) groups excluding carboxylic acids is 2. The highest BCUT2D eigenvalue weighted by Crippen LogP contribution is 2.46. The van der Waals surface area contributed by atoms with Crippen molar-refractivity contribution in [3.63, 3.8) is 0 Å². The molecule has 3 rings (SSSR count). The molecule has 1 atom stereocenters. The molecule has 0 saturated heterocycles. The van der Waals surface area contributed by atoms with Gasteiger partial charge in [0.25, 0.3) is 0 Å². The standard InChI is InChI=1S/C22H26N2O4/c1-14(25)23-17-5-4-6-18(12-17)24-22(26)13-19(15-7-8-15)16-9-10-20(27-2)21(11-16)28-3/h4-6,9-12,15,19H,7-8,13H2,1-3H3,(H,23,25)(H,24,26). The first-order valence-electron chi connectivity index (χ1n) is 9.39. The summed E-state index contributed by atoms with van der Waals surface area (Å²) in [5.74, 6) is 1.80. The largest absolute Gasteiger partial charge is 0.493 e. The number of nitrogens with one attached hydrogen (secondary N) is 2. The van der Waals surface area contributed by atoms with Gasteiger partial charge in [-0.15, -0.1) is 0 Å². The fourth-order valence-electron chi connectivity index (χ4n) is 3.43. The third kappa shape index (κ3) is 5.03. The maximum atomic E-state index is 12.7. The highest BCUT2D eigenvalue weighted by Gasteiger charge is 2.34. The van der Waals surface area contributed by atoms with Crippen LogP contribution in [0.3, 0.4) is 0 Å². The van der Waals surface area contributed by atoms with Crippen LogP contribution in [0.2, 0.25) is 0 Å². The van der Waals surface area contributed by atoms with E-state index in [0.717, 1.165) is 18.4 Å². The molecule has 0 radical (unpaired) electrons. The highest BCUT2D eigenvalue weighted by molar-refractivity contribution is 5.93. The first-order chi connectivity index (χ1) is 13.5. The molecule has 2 aromatic carbocycles. The fourth-order valence-corrected chi connectivity index (χ4v) is 3.43. The molecule has 1 aliphatic carbocycles. The molecule has 1 unspecified atom stereocenters. The van der Waals surface area contributed by atoms with Gasteiger partial charge in [0.1, 0.15) is 0 Å². The lowest BCUT2D eigenvalue weighted by molar-refractivity contribution is -0.116. The summed E-state index contributed by atoms with van der Waals surface area (Å²) in [6.45, 7) is 1.45. The molecule has 0 spiro atoms. The molecule has 0 heterocycles. The van der Waals surface area contributed by atoms with E-state index < -0.39 is 0 Å². The van der Waals surface area contributed by atoms with Crippen molar-refractivity contribution in [1.82, 2.24) is 0 Å². The van der Waals surface area contributed by atoms with E-state index in [9.17, 15) is 9.59 Å². The summed E-state index contributed by atoms with van der Waals surface area (Å²) in [5, 5.41) is 5.66. The Morgan fingerprint density at radius 3 is 2.29 bits per heavy atom. The molecule has 148 valence electrons. The van der Waals surface area contributed by atoms with Crippen molar-refractivity contribution in [1.29, 1.82) is 0 Å². The van der Waals surface area contributed by atoms with Gasteiger partial charge in [0, 0.05) is 24.7 Å². The lowest BCUT2D eigenvalue weighted by Crippen LogP contribution is -2.17. The monoisotopic (exact) mass is 382 g/mol. The summed E-state index contributed by atoms with van der Waals surface area (Å²) in [4.78, 5) is 23.9. The third-order valence-electron chi connectivity index (χ3n) is 4.90. The van der Waals surface area contributed by atoms with Gasteiger partial charge in [-0.3, -0.25) is 9.59 Å². The molecule has 2 aromatic rings. The first kappa shape index (κ1) is 19.7. The van der Waals surface area contributed by atoms with Gasteiger partial charge >= 0.3 is 0 Å². The summed E-state index contributed by atoms with van der Waals surface area (Å²) < 4.78 is 10.7. The number of ether oxygens (including phenoxy) is 2. The Morgan fingerprint density at radius 2 is 1.68 bits per heavy atom. The minimum atomic E-state index is -0.147. The predicted octanol–water partition coefficient (Wildman–Crippen LogP) is 4.18. The van der Waals surface area contributed by atoms with E-state index in [1.54, 1.807) is 32.4 Å². The van der Waals surface area contributed by atoms with Gasteiger partial charge in [-0.25, -0.2) is 0 Å². The van der Waals surface area contributed by atoms with Crippen LogP contribution in [0.15, 0.2) is 42.5 Å². The van der Waals surface area contributed by atoms with Gasteiger partial charge in [-0.2, -0.15) is 0 Å². The number of hydrogen-bond donors (Lipinski definition) is 2. The Hall–Kier alpha value is -3.02. The Kier molecular flexibility index (Phi) is 6.19. The van der Waals surface area contributed by atoms with Crippen LogP contribution >= 0.6 is 0 Å². The molecule has 6 nitrogen and oxygen atoms in total. The second-order valence-electron chi connectivity index (χ2n) is 7.07. The van der Waals surface area contributed by atoms with E-state index >= 15 is 0 Å². The minimum Gasteiger partial charge on any atom is -0.493 e. The molecule has 6 heteroatoms. The molecule has 2 N–H and O–H groups in total. The Labute approximate surface area is 165 Å². The van der Waals surface area contributed by atoms with Gasteiger partial charge in [0.2, 0.25) is 11.8 Å². The average molecular weight is 382 g/mol. The Bertz CT molecular complexity index is 861. The van der Waals surface area contributed by atoms with Crippen LogP contribution in [0.5, 0.6) is 11.5 Å². The molecule has 0 bridgehead atoms. The van der Waals surface area contributed by atoms with Crippen molar-refractivity contribution in [2.75, 3.05) is 24.9 Å². The summed E-state index contributed by atoms with van der Waals surface area (Å²) >= 11 is 0. The zero-order valence-corrected chi connectivity index (χ0v) is 16.5. The zero-order valence-electron chi connectivity index (χ0n) is 16.5. The minimum absolute atomic E-state index is 0.0494. The maximum absolute atomic E-state index is 12.7. The second-order valence-corrected chi connectivity index (χ2v) is 7.07. The third-order valence-corrected chi connectivity index (χ3v) is 4.90. The Morgan fingerprint density at radius 1 is 1.00 bits per heavy atom. The summed E-state index contributed by atoms with van der Waals surface area (Å²) in [6, 6.07) is 13.0. The second kappa shape index (κ2) is 8.78. The first-order valence-corrected chi connectivity index (χ1v) is 9.39. The SMILES string of the molecule is COc1ccc(C(CC(=O)Nc2cccc(NC(C)=O)c2)C2CC2)cc1OC. The predicted molar refractivity (Wildman–Crippen MR) is 109 cm³/mol. The van der Waals surface area contributed by atoms with Crippen molar-refractivity contribution in [3.05, 3.63) is 48.0 Å². The number of carbonyl (C=O) groups is 2. The van der Waals surface area contributed by atoms with Gasteiger partial charge < -0.3 is 20.1 Å². The Balaban J connectivity index is 1.71. The molecule has 28 heavy (non-hydrogen) atoms. The van der Waals surface area contributed by atoms with Crippen LogP contribution in [0.1, 0.15) is 37.7 Å². The van der Waals surface area contributed by atoms with E-state index in [4.69, 9.17) is 9.47 Å². The van der Waals surface area contributed by atoms with Crippen molar-refractivity contribution in [3.8, 4) is 11.5 Å². The van der Waals surface area contributed by atoms with E-state index in [0.29, 0.717) is 35.2 Å². The number of methoxy groups -OCH3 is 2. The van der Waals surface area contributed by atoms with Gasteiger partial charge in [0.05, 0.1) is 14.2 Å². The average Bonchev–Trinajstić information content (AvgIpc) is 3.50. The number of hydrogen-bond acceptors (Lipinski definition) is 4. The maximum Gasteiger partial charge on any atom is 0.224 e. The fraction of sp³-hybridized carbons (Fsp3) is 0.364. The molecule has 0 aliphatic heterocycles. The summed E-state index contributed by atoms with van der Waals surface area (Å²) in [5.41, 5.74) is 2.41. The van der Waals surface area contributed by atoms with Crippen molar-refractivity contribution >= 4 is 23.2 Å². The smallest absolute Gasteiger partial charge is 0.224 e. The number of anilines is 2.